The van der Waals surface area contributed by atoms with Crippen LogP contribution in [0.2, 0.25) is 0 Å². The van der Waals surface area contributed by atoms with Gasteiger partial charge in [0, 0.05) is 25.8 Å². The minimum absolute atomic E-state index is 0.101. The number of nitrogens with one attached hydrogen (secondary N) is 2. The van der Waals surface area contributed by atoms with Crippen molar-refractivity contribution in [3.8, 4) is 0 Å². The van der Waals surface area contributed by atoms with Gasteiger partial charge in [-0.1, -0.05) is 0 Å². The van der Waals surface area contributed by atoms with Crippen molar-refractivity contribution in [3.63, 3.8) is 0 Å². The molecule has 0 aliphatic heterocycles. The van der Waals surface area contributed by atoms with Crippen LogP contribution in [0.3, 0.4) is 0 Å². The van der Waals surface area contributed by atoms with E-state index in [1.54, 1.807) is 7.11 Å². The Kier molecular flexibility index (Phi) is 7.09. The van der Waals surface area contributed by atoms with Crippen LogP contribution < -0.4 is 16.6 Å². The molecule has 0 atom stereocenters. The quantitative estimate of drug-likeness (QED) is 0.258. The number of carbonyl (C=O) groups excluding carboxylic acids is 1. The lowest BCUT2D eigenvalue weighted by Crippen LogP contribution is -2.29. The SMILES string of the molecule is COCCOCCNC(=O)c1cc([N+](=O)[O-])ccc1NN. The van der Waals surface area contributed by atoms with E-state index >= 15 is 0 Å². The number of benzene rings is 1. The smallest absolute Gasteiger partial charge is 0.270 e. The number of non-ortho nitro benzene ring substituents is 1. The molecule has 1 amide bonds. The van der Waals surface area contributed by atoms with Crippen molar-refractivity contribution in [2.75, 3.05) is 38.9 Å². The molecule has 0 saturated heterocycles. The Morgan fingerprint density at radius 3 is 2.76 bits per heavy atom. The lowest BCUT2D eigenvalue weighted by molar-refractivity contribution is -0.384. The lowest BCUT2D eigenvalue weighted by atomic mass is 10.1. The highest BCUT2D eigenvalue weighted by atomic mass is 16.6. The number of nitrogens with zero attached hydrogens (tertiary/aromatic N) is 1. The fraction of sp³-hybridized carbons (Fsp3) is 0.417. The number of amides is 1. The summed E-state index contributed by atoms with van der Waals surface area (Å²) >= 11 is 0. The lowest BCUT2D eigenvalue weighted by Gasteiger charge is -2.10. The number of hydrazine groups is 1. The van der Waals surface area contributed by atoms with E-state index in [2.05, 4.69) is 10.7 Å². The Hall–Kier alpha value is -2.23. The predicted molar refractivity (Wildman–Crippen MR) is 75.9 cm³/mol. The van der Waals surface area contributed by atoms with Gasteiger partial charge >= 0.3 is 0 Å². The van der Waals surface area contributed by atoms with E-state index in [0.29, 0.717) is 25.5 Å². The topological polar surface area (TPSA) is 129 Å². The second kappa shape index (κ2) is 8.84. The van der Waals surface area contributed by atoms with Gasteiger partial charge in [0.25, 0.3) is 11.6 Å². The second-order valence-corrected chi connectivity index (χ2v) is 3.99. The van der Waals surface area contributed by atoms with Crippen molar-refractivity contribution in [1.82, 2.24) is 5.32 Å². The normalized spacial score (nSPS) is 10.2. The Morgan fingerprint density at radius 1 is 1.38 bits per heavy atom. The zero-order valence-corrected chi connectivity index (χ0v) is 11.6. The first-order chi connectivity index (χ1) is 10.1. The molecule has 1 aromatic rings. The van der Waals surface area contributed by atoms with Crippen LogP contribution >= 0.6 is 0 Å². The molecular weight excluding hydrogens is 280 g/mol. The highest BCUT2D eigenvalue weighted by Crippen LogP contribution is 2.21. The molecular formula is C12H18N4O5. The molecule has 0 aliphatic rings. The minimum atomic E-state index is -0.578. The first-order valence-electron chi connectivity index (χ1n) is 6.20. The van der Waals surface area contributed by atoms with E-state index in [1.165, 1.54) is 12.1 Å². The van der Waals surface area contributed by atoms with Crippen molar-refractivity contribution in [3.05, 3.63) is 33.9 Å². The summed E-state index contributed by atoms with van der Waals surface area (Å²) < 4.78 is 10.00. The summed E-state index contributed by atoms with van der Waals surface area (Å²) in [5.74, 6) is 4.82. The number of carbonyl (C=O) groups is 1. The Labute approximate surface area is 121 Å². The molecule has 9 nitrogen and oxygen atoms in total. The number of methoxy groups -OCH3 is 1. The number of nitro groups is 1. The molecule has 0 spiro atoms. The molecule has 1 rings (SSSR count). The van der Waals surface area contributed by atoms with Crippen LogP contribution in [-0.2, 0) is 9.47 Å². The molecule has 9 heteroatoms. The van der Waals surface area contributed by atoms with Crippen molar-refractivity contribution < 1.29 is 19.2 Å². The summed E-state index contributed by atoms with van der Waals surface area (Å²) in [5.41, 5.74) is 2.55. The monoisotopic (exact) mass is 298 g/mol. The highest BCUT2D eigenvalue weighted by molar-refractivity contribution is 6.00. The van der Waals surface area contributed by atoms with E-state index in [4.69, 9.17) is 15.3 Å². The van der Waals surface area contributed by atoms with Crippen molar-refractivity contribution >= 4 is 17.3 Å². The van der Waals surface area contributed by atoms with Gasteiger partial charge in [-0.25, -0.2) is 0 Å². The molecule has 0 heterocycles. The molecule has 0 aliphatic carbocycles. The minimum Gasteiger partial charge on any atom is -0.382 e. The van der Waals surface area contributed by atoms with Gasteiger partial charge < -0.3 is 20.2 Å². The largest absolute Gasteiger partial charge is 0.382 e. The van der Waals surface area contributed by atoms with E-state index < -0.39 is 10.8 Å². The Balaban J connectivity index is 2.59. The van der Waals surface area contributed by atoms with Crippen LogP contribution in [0.4, 0.5) is 11.4 Å². The standard InChI is InChI=1S/C12H18N4O5/c1-20-6-7-21-5-4-14-12(17)10-8-9(16(18)19)2-3-11(10)15-13/h2-3,8,15H,4-7,13H2,1H3,(H,14,17). The first kappa shape index (κ1) is 16.8. The van der Waals surface area contributed by atoms with Gasteiger partial charge in [-0.15, -0.1) is 0 Å². The van der Waals surface area contributed by atoms with Crippen LogP contribution in [0.5, 0.6) is 0 Å². The Bertz CT molecular complexity index is 495. The van der Waals surface area contributed by atoms with Gasteiger partial charge in [0.2, 0.25) is 0 Å². The summed E-state index contributed by atoms with van der Waals surface area (Å²) in [4.78, 5) is 22.1. The van der Waals surface area contributed by atoms with Crippen molar-refractivity contribution in [1.29, 1.82) is 0 Å². The Morgan fingerprint density at radius 2 is 2.14 bits per heavy atom. The average molecular weight is 298 g/mol. The summed E-state index contributed by atoms with van der Waals surface area (Å²) in [6.07, 6.45) is 0. The number of hydrogen-bond acceptors (Lipinski definition) is 7. The maximum atomic E-state index is 12.0. The van der Waals surface area contributed by atoms with Gasteiger partial charge in [-0.3, -0.25) is 20.8 Å². The number of anilines is 1. The van der Waals surface area contributed by atoms with Gasteiger partial charge in [0.15, 0.2) is 0 Å². The van der Waals surface area contributed by atoms with Crippen LogP contribution in [0.1, 0.15) is 10.4 Å². The van der Waals surface area contributed by atoms with E-state index in [9.17, 15) is 14.9 Å². The average Bonchev–Trinajstić information content (AvgIpc) is 2.49. The fourth-order valence-electron chi connectivity index (χ4n) is 1.54. The van der Waals surface area contributed by atoms with Gasteiger partial charge in [0.05, 0.1) is 36.0 Å². The van der Waals surface area contributed by atoms with Crippen LogP contribution in [0.25, 0.3) is 0 Å². The molecule has 0 saturated carbocycles. The summed E-state index contributed by atoms with van der Waals surface area (Å²) in [5, 5.41) is 13.3. The third kappa shape index (κ3) is 5.34. The molecule has 1 aromatic carbocycles. The second-order valence-electron chi connectivity index (χ2n) is 3.99. The van der Waals surface area contributed by atoms with Crippen LogP contribution in [0, 0.1) is 10.1 Å². The molecule has 0 aromatic heterocycles. The molecule has 4 N–H and O–H groups in total. The summed E-state index contributed by atoms with van der Waals surface area (Å²) in [6, 6.07) is 3.80. The van der Waals surface area contributed by atoms with E-state index in [0.717, 1.165) is 6.07 Å². The number of nitro benzene ring substituents is 1. The van der Waals surface area contributed by atoms with Gasteiger partial charge in [-0.2, -0.15) is 0 Å². The third-order valence-electron chi connectivity index (χ3n) is 2.58. The van der Waals surface area contributed by atoms with Crippen molar-refractivity contribution in [2.45, 2.75) is 0 Å². The van der Waals surface area contributed by atoms with Crippen LogP contribution in [-0.4, -0.2) is 44.3 Å². The van der Waals surface area contributed by atoms with Crippen molar-refractivity contribution in [2.24, 2.45) is 5.84 Å². The number of ether oxygens (including phenoxy) is 2. The number of hydrogen-bond donors (Lipinski definition) is 3. The molecule has 116 valence electrons. The maximum Gasteiger partial charge on any atom is 0.270 e. The van der Waals surface area contributed by atoms with Gasteiger partial charge in [0.1, 0.15) is 0 Å². The highest BCUT2D eigenvalue weighted by Gasteiger charge is 2.15. The molecule has 21 heavy (non-hydrogen) atoms. The fourth-order valence-corrected chi connectivity index (χ4v) is 1.54. The predicted octanol–water partition coefficient (Wildman–Crippen LogP) is 0.273. The third-order valence-corrected chi connectivity index (χ3v) is 2.58. The van der Waals surface area contributed by atoms with Crippen LogP contribution in [0.15, 0.2) is 18.2 Å². The first-order valence-corrected chi connectivity index (χ1v) is 6.20. The van der Waals surface area contributed by atoms with Gasteiger partial charge in [-0.05, 0) is 6.07 Å². The zero-order valence-electron chi connectivity index (χ0n) is 11.6. The molecule has 0 radical (unpaired) electrons. The van der Waals surface area contributed by atoms with E-state index in [1.807, 2.05) is 0 Å². The summed E-state index contributed by atoms with van der Waals surface area (Å²) in [6.45, 7) is 1.49. The number of rotatable bonds is 9. The number of nitrogens with two attached hydrogens (primary N) is 1. The number of nitrogen functional groups attached to an aromatic ring is 1. The molecule has 0 unspecified atom stereocenters. The molecule has 0 bridgehead atoms. The zero-order chi connectivity index (χ0) is 15.7. The maximum absolute atomic E-state index is 12.0. The van der Waals surface area contributed by atoms with E-state index in [-0.39, 0.29) is 17.8 Å². The summed E-state index contributed by atoms with van der Waals surface area (Å²) in [7, 11) is 1.56. The molecule has 0 fully saturated rings.